The lowest BCUT2D eigenvalue weighted by molar-refractivity contribution is -0.384. The first kappa shape index (κ1) is 18.5. The molecule has 2 aliphatic heterocycles. The third kappa shape index (κ3) is 3.71. The number of nitrogens with zero attached hydrogens (tertiary/aromatic N) is 3. The second kappa shape index (κ2) is 7.61. The molecule has 1 aromatic heterocycles. The maximum Gasteiger partial charge on any atom is 0.286 e. The predicted molar refractivity (Wildman–Crippen MR) is 106 cm³/mol. The van der Waals surface area contributed by atoms with E-state index < -0.39 is 4.92 Å². The molecule has 1 aromatic carbocycles. The summed E-state index contributed by atoms with van der Waals surface area (Å²) in [6.45, 7) is 4.43. The van der Waals surface area contributed by atoms with E-state index in [-0.39, 0.29) is 11.6 Å². The smallest absolute Gasteiger partial charge is 0.286 e. The number of carbonyl (C=O) groups is 1. The van der Waals surface area contributed by atoms with Crippen LogP contribution in [-0.2, 0) is 9.53 Å². The zero-order valence-corrected chi connectivity index (χ0v) is 15.9. The Bertz CT molecular complexity index is 1000. The highest BCUT2D eigenvalue weighted by Crippen LogP contribution is 2.34. The minimum absolute atomic E-state index is 0.0159. The van der Waals surface area contributed by atoms with Crippen LogP contribution in [0.25, 0.3) is 17.4 Å². The van der Waals surface area contributed by atoms with Crippen LogP contribution in [0.3, 0.4) is 0 Å². The Balaban J connectivity index is 1.56. The van der Waals surface area contributed by atoms with Gasteiger partial charge in [-0.1, -0.05) is 6.07 Å². The Morgan fingerprint density at radius 2 is 2.04 bits per heavy atom. The zero-order chi connectivity index (χ0) is 19.7. The van der Waals surface area contributed by atoms with Gasteiger partial charge in [-0.05, 0) is 42.4 Å². The maximum atomic E-state index is 12.2. The molecule has 0 atom stereocenters. The molecule has 0 bridgehead atoms. The molecule has 3 heterocycles. The van der Waals surface area contributed by atoms with Crippen LogP contribution >= 0.6 is 11.8 Å². The number of thioether (sulfide) groups is 1. The summed E-state index contributed by atoms with van der Waals surface area (Å²) in [5.41, 5.74) is 1.18. The number of furan rings is 1. The molecule has 1 amide bonds. The molecule has 2 aromatic rings. The summed E-state index contributed by atoms with van der Waals surface area (Å²) in [5.74, 6) is 0.508. The number of ether oxygens (including phenoxy) is 1. The quantitative estimate of drug-likeness (QED) is 0.443. The number of hydrogen-bond donors (Lipinski definition) is 0. The molecular weight excluding hydrogens is 382 g/mol. The number of aryl methyl sites for hydroxylation is 1. The SMILES string of the molecule is Cc1ccc(-c2ccc(C=C3SC(N4CCOCC4)=NC3=O)o2)c([N+](=O)[O-])c1. The topological polar surface area (TPSA) is 98.2 Å². The molecular formula is C19H17N3O5S. The van der Waals surface area contributed by atoms with Gasteiger partial charge in [0.1, 0.15) is 11.5 Å². The zero-order valence-electron chi connectivity index (χ0n) is 15.1. The number of hydrogen-bond acceptors (Lipinski definition) is 7. The van der Waals surface area contributed by atoms with Crippen LogP contribution in [0.2, 0.25) is 0 Å². The van der Waals surface area contributed by atoms with Crippen LogP contribution in [0.1, 0.15) is 11.3 Å². The Labute approximate surface area is 165 Å². The van der Waals surface area contributed by atoms with Crippen molar-refractivity contribution in [3.8, 4) is 11.3 Å². The first-order chi connectivity index (χ1) is 13.5. The van der Waals surface area contributed by atoms with Crippen LogP contribution in [-0.4, -0.2) is 47.2 Å². The minimum atomic E-state index is -0.429. The number of nitro groups is 1. The van der Waals surface area contributed by atoms with E-state index in [1.807, 2.05) is 4.90 Å². The van der Waals surface area contributed by atoms with E-state index in [9.17, 15) is 14.9 Å². The highest BCUT2D eigenvalue weighted by molar-refractivity contribution is 8.18. The molecule has 0 unspecified atom stereocenters. The molecule has 2 aliphatic rings. The number of rotatable bonds is 3. The van der Waals surface area contributed by atoms with Crippen LogP contribution in [0.5, 0.6) is 0 Å². The van der Waals surface area contributed by atoms with Crippen LogP contribution in [0.4, 0.5) is 5.69 Å². The molecule has 0 radical (unpaired) electrons. The van der Waals surface area contributed by atoms with Crippen molar-refractivity contribution in [2.24, 2.45) is 4.99 Å². The Kier molecular flexibility index (Phi) is 5.01. The first-order valence-corrected chi connectivity index (χ1v) is 9.53. The summed E-state index contributed by atoms with van der Waals surface area (Å²) in [4.78, 5) is 29.7. The summed E-state index contributed by atoms with van der Waals surface area (Å²) in [7, 11) is 0. The van der Waals surface area contributed by atoms with Gasteiger partial charge < -0.3 is 14.1 Å². The number of amidine groups is 1. The molecule has 9 heteroatoms. The highest BCUT2D eigenvalue weighted by atomic mass is 32.2. The lowest BCUT2D eigenvalue weighted by atomic mass is 10.1. The van der Waals surface area contributed by atoms with Gasteiger partial charge in [0, 0.05) is 25.2 Å². The minimum Gasteiger partial charge on any atom is -0.456 e. The highest BCUT2D eigenvalue weighted by Gasteiger charge is 2.27. The van der Waals surface area contributed by atoms with E-state index in [4.69, 9.17) is 9.15 Å². The van der Waals surface area contributed by atoms with Gasteiger partial charge in [-0.2, -0.15) is 4.99 Å². The van der Waals surface area contributed by atoms with Gasteiger partial charge in [-0.15, -0.1) is 0 Å². The third-order valence-corrected chi connectivity index (χ3v) is 5.45. The van der Waals surface area contributed by atoms with E-state index in [2.05, 4.69) is 4.99 Å². The lowest BCUT2D eigenvalue weighted by Gasteiger charge is -2.27. The van der Waals surface area contributed by atoms with Crippen molar-refractivity contribution in [3.05, 3.63) is 56.7 Å². The van der Waals surface area contributed by atoms with Crippen molar-refractivity contribution in [2.75, 3.05) is 26.3 Å². The lowest BCUT2D eigenvalue weighted by Crippen LogP contribution is -2.38. The van der Waals surface area contributed by atoms with Crippen molar-refractivity contribution in [1.82, 2.24) is 4.90 Å². The molecule has 1 saturated heterocycles. The largest absolute Gasteiger partial charge is 0.456 e. The molecule has 0 aliphatic carbocycles. The number of nitro benzene ring substituents is 1. The van der Waals surface area contributed by atoms with E-state index in [1.165, 1.54) is 17.8 Å². The average molecular weight is 399 g/mol. The summed E-state index contributed by atoms with van der Waals surface area (Å²) in [6, 6.07) is 8.32. The molecule has 0 N–H and O–H groups in total. The fourth-order valence-corrected chi connectivity index (χ4v) is 3.94. The van der Waals surface area contributed by atoms with E-state index in [1.54, 1.807) is 37.3 Å². The maximum absolute atomic E-state index is 12.2. The third-order valence-electron chi connectivity index (χ3n) is 4.41. The number of morpholine rings is 1. The molecule has 4 rings (SSSR count). The number of benzene rings is 1. The van der Waals surface area contributed by atoms with Gasteiger partial charge in [0.15, 0.2) is 5.17 Å². The molecule has 28 heavy (non-hydrogen) atoms. The van der Waals surface area contributed by atoms with E-state index in [0.29, 0.717) is 53.5 Å². The first-order valence-electron chi connectivity index (χ1n) is 8.72. The summed E-state index contributed by atoms with van der Waals surface area (Å²) in [5, 5.41) is 12.0. The number of carbonyl (C=O) groups excluding carboxylic acids is 1. The van der Waals surface area contributed by atoms with E-state index in [0.717, 1.165) is 5.56 Å². The number of amides is 1. The van der Waals surface area contributed by atoms with Gasteiger partial charge in [0.2, 0.25) is 0 Å². The summed E-state index contributed by atoms with van der Waals surface area (Å²) < 4.78 is 11.1. The van der Waals surface area contributed by atoms with Gasteiger partial charge >= 0.3 is 0 Å². The monoisotopic (exact) mass is 399 g/mol. The van der Waals surface area contributed by atoms with Crippen molar-refractivity contribution in [1.29, 1.82) is 0 Å². The van der Waals surface area contributed by atoms with Crippen molar-refractivity contribution in [2.45, 2.75) is 6.92 Å². The molecule has 0 saturated carbocycles. The second-order valence-electron chi connectivity index (χ2n) is 6.39. The van der Waals surface area contributed by atoms with E-state index >= 15 is 0 Å². The van der Waals surface area contributed by atoms with Gasteiger partial charge in [-0.3, -0.25) is 14.9 Å². The van der Waals surface area contributed by atoms with Crippen molar-refractivity contribution < 1.29 is 18.9 Å². The standard InChI is InChI=1S/C19H17N3O5S/c1-12-2-4-14(15(10-12)22(24)25)16-5-3-13(27-16)11-17-18(23)20-19(28-17)21-6-8-26-9-7-21/h2-5,10-11H,6-9H2,1H3. The summed E-state index contributed by atoms with van der Waals surface area (Å²) >= 11 is 1.30. The molecule has 144 valence electrons. The molecule has 0 spiro atoms. The fourth-order valence-electron chi connectivity index (χ4n) is 2.99. The van der Waals surface area contributed by atoms with Gasteiger partial charge in [0.05, 0.1) is 28.6 Å². The Hall–Kier alpha value is -2.91. The Morgan fingerprint density at radius 3 is 2.79 bits per heavy atom. The molecule has 8 nitrogen and oxygen atoms in total. The average Bonchev–Trinajstić information content (AvgIpc) is 3.30. The van der Waals surface area contributed by atoms with Gasteiger partial charge in [0.25, 0.3) is 11.6 Å². The fraction of sp³-hybridized carbons (Fsp3) is 0.263. The normalized spacial score (nSPS) is 18.6. The predicted octanol–water partition coefficient (Wildman–Crippen LogP) is 3.47. The van der Waals surface area contributed by atoms with Crippen molar-refractivity contribution >= 4 is 34.6 Å². The summed E-state index contributed by atoms with van der Waals surface area (Å²) in [6.07, 6.45) is 1.62. The van der Waals surface area contributed by atoms with Crippen LogP contribution < -0.4 is 0 Å². The number of aliphatic imine (C=N–C) groups is 1. The Morgan fingerprint density at radius 1 is 1.25 bits per heavy atom. The van der Waals surface area contributed by atoms with Crippen molar-refractivity contribution in [3.63, 3.8) is 0 Å². The van der Waals surface area contributed by atoms with Crippen LogP contribution in [0.15, 0.2) is 44.6 Å². The molecule has 1 fully saturated rings. The van der Waals surface area contributed by atoms with Gasteiger partial charge in [-0.25, -0.2) is 0 Å². The van der Waals surface area contributed by atoms with Crippen LogP contribution in [0, 0.1) is 17.0 Å². The second-order valence-corrected chi connectivity index (χ2v) is 7.40.